The molecule has 0 aliphatic rings. The van der Waals surface area contributed by atoms with Crippen LogP contribution in [0.4, 0.5) is 5.69 Å². The number of aromatic nitrogens is 1. The Bertz CT molecular complexity index is 1100. The molecule has 0 aliphatic heterocycles. The van der Waals surface area contributed by atoms with Gasteiger partial charge in [0.1, 0.15) is 0 Å². The van der Waals surface area contributed by atoms with Crippen LogP contribution < -0.4 is 10.6 Å². The zero-order valence-corrected chi connectivity index (χ0v) is 22.6. The average molecular weight is 488 g/mol. The predicted octanol–water partition coefficient (Wildman–Crippen LogP) is 6.55. The number of aliphatic imine (C=N–C) groups is 1. The standard InChI is InChI=1S/C30H41N5O/c1-7-9-11-16-29-23(3)19-26(21-33-29)30(36)34-27-15-12-13-25(20-27)24(4)31-17-18-32-28(14-10-8-2)22-35(5)6/h10-21,24,31H,7-9,22H2,1-6H3,(H,34,36)/b14-10+,16-11-,18-17?,32-28?. The second-order valence-corrected chi connectivity index (χ2v) is 9.07. The SMILES string of the molecule is CC/C=C/C(CN(C)C)=NC=CNC(C)c1cccc(NC(=O)c2cnc(/C=C\CCC)c(C)c2)c1. The second-order valence-electron chi connectivity index (χ2n) is 9.07. The topological polar surface area (TPSA) is 69.6 Å². The van der Waals surface area contributed by atoms with E-state index in [-0.39, 0.29) is 11.9 Å². The van der Waals surface area contributed by atoms with Crippen LogP contribution in [0.25, 0.3) is 6.08 Å². The molecule has 0 saturated heterocycles. The number of unbranched alkanes of at least 4 members (excludes halogenated alkanes) is 1. The molecule has 0 fully saturated rings. The highest BCUT2D eigenvalue weighted by atomic mass is 16.1. The van der Waals surface area contributed by atoms with Crippen LogP contribution in [0.5, 0.6) is 0 Å². The summed E-state index contributed by atoms with van der Waals surface area (Å²) in [6, 6.07) is 9.79. The van der Waals surface area contributed by atoms with E-state index in [1.165, 1.54) is 0 Å². The highest BCUT2D eigenvalue weighted by Gasteiger charge is 2.10. The Hall–Kier alpha value is -3.51. The summed E-state index contributed by atoms with van der Waals surface area (Å²) in [5.41, 5.74) is 5.24. The third-order valence-electron chi connectivity index (χ3n) is 5.44. The Morgan fingerprint density at radius 1 is 1.19 bits per heavy atom. The molecular weight excluding hydrogens is 446 g/mol. The zero-order valence-electron chi connectivity index (χ0n) is 22.6. The summed E-state index contributed by atoms with van der Waals surface area (Å²) in [7, 11) is 4.06. The quantitative estimate of drug-likeness (QED) is 0.315. The molecule has 1 aromatic heterocycles. The van der Waals surface area contributed by atoms with Gasteiger partial charge in [0.15, 0.2) is 0 Å². The Labute approximate surface area is 216 Å². The minimum absolute atomic E-state index is 0.0508. The molecule has 1 unspecified atom stereocenters. The number of nitrogens with zero attached hydrogens (tertiary/aromatic N) is 3. The van der Waals surface area contributed by atoms with Crippen LogP contribution in [0.15, 0.2) is 72.1 Å². The van der Waals surface area contributed by atoms with Crippen molar-refractivity contribution >= 4 is 23.4 Å². The highest BCUT2D eigenvalue weighted by Crippen LogP contribution is 2.19. The number of benzene rings is 1. The normalized spacial score (nSPS) is 13.2. The Morgan fingerprint density at radius 2 is 2.00 bits per heavy atom. The van der Waals surface area contributed by atoms with Gasteiger partial charge in [0.25, 0.3) is 5.91 Å². The molecule has 2 aromatic rings. The van der Waals surface area contributed by atoms with Crippen LogP contribution in [0.1, 0.15) is 73.3 Å². The summed E-state index contributed by atoms with van der Waals surface area (Å²) >= 11 is 0. The van der Waals surface area contributed by atoms with Gasteiger partial charge in [-0.05, 0) is 82.3 Å². The van der Waals surface area contributed by atoms with Crippen molar-refractivity contribution < 1.29 is 4.79 Å². The first-order valence-electron chi connectivity index (χ1n) is 12.7. The Morgan fingerprint density at radius 3 is 2.69 bits per heavy atom. The van der Waals surface area contributed by atoms with Crippen LogP contribution in [0.2, 0.25) is 0 Å². The molecule has 2 rings (SSSR count). The first-order chi connectivity index (χ1) is 17.3. The van der Waals surface area contributed by atoms with E-state index < -0.39 is 0 Å². The third-order valence-corrected chi connectivity index (χ3v) is 5.44. The number of anilines is 1. The van der Waals surface area contributed by atoms with Crippen molar-refractivity contribution in [3.63, 3.8) is 0 Å². The van der Waals surface area contributed by atoms with Crippen molar-refractivity contribution in [1.29, 1.82) is 0 Å². The van der Waals surface area contributed by atoms with Gasteiger partial charge >= 0.3 is 0 Å². The van der Waals surface area contributed by atoms with Gasteiger partial charge in [-0.15, -0.1) is 0 Å². The lowest BCUT2D eigenvalue weighted by Crippen LogP contribution is -2.20. The number of carbonyl (C=O) groups excluding carboxylic acids is 1. The van der Waals surface area contributed by atoms with Gasteiger partial charge in [0, 0.05) is 36.9 Å². The van der Waals surface area contributed by atoms with E-state index in [4.69, 9.17) is 0 Å². The molecule has 0 spiro atoms. The summed E-state index contributed by atoms with van der Waals surface area (Å²) < 4.78 is 0. The molecule has 36 heavy (non-hydrogen) atoms. The first-order valence-corrected chi connectivity index (χ1v) is 12.7. The molecule has 0 bridgehead atoms. The van der Waals surface area contributed by atoms with Crippen molar-refractivity contribution in [3.05, 3.63) is 89.5 Å². The number of amides is 1. The summed E-state index contributed by atoms with van der Waals surface area (Å²) in [5.74, 6) is -0.171. The van der Waals surface area contributed by atoms with Crippen LogP contribution in [-0.4, -0.2) is 42.1 Å². The number of aryl methyl sites for hydroxylation is 1. The van der Waals surface area contributed by atoms with E-state index in [0.29, 0.717) is 5.56 Å². The highest BCUT2D eigenvalue weighted by molar-refractivity contribution is 6.04. The predicted molar refractivity (Wildman–Crippen MR) is 153 cm³/mol. The molecule has 1 aromatic carbocycles. The maximum atomic E-state index is 12.8. The van der Waals surface area contributed by atoms with Gasteiger partial charge < -0.3 is 15.5 Å². The lowest BCUT2D eigenvalue weighted by Gasteiger charge is -2.14. The van der Waals surface area contributed by atoms with E-state index in [0.717, 1.165) is 54.0 Å². The van der Waals surface area contributed by atoms with Gasteiger partial charge in [0.05, 0.1) is 17.0 Å². The van der Waals surface area contributed by atoms with Crippen LogP contribution >= 0.6 is 0 Å². The number of allylic oxidation sites excluding steroid dienone is 2. The Kier molecular flexibility index (Phi) is 12.4. The summed E-state index contributed by atoms with van der Waals surface area (Å²) in [6.45, 7) is 9.09. The number of nitrogens with one attached hydrogen (secondary N) is 2. The molecule has 2 N–H and O–H groups in total. The molecule has 1 atom stereocenters. The van der Waals surface area contributed by atoms with E-state index >= 15 is 0 Å². The van der Waals surface area contributed by atoms with E-state index in [2.05, 4.69) is 64.5 Å². The van der Waals surface area contributed by atoms with E-state index in [1.54, 1.807) is 12.4 Å². The molecule has 0 saturated carbocycles. The second kappa shape index (κ2) is 15.5. The number of hydrogen-bond donors (Lipinski definition) is 2. The summed E-state index contributed by atoms with van der Waals surface area (Å²) in [4.78, 5) is 24.0. The van der Waals surface area contributed by atoms with Gasteiger partial charge in [-0.1, -0.05) is 44.6 Å². The summed E-state index contributed by atoms with van der Waals surface area (Å²) in [6.07, 6.45) is 16.7. The van der Waals surface area contributed by atoms with Crippen LogP contribution in [-0.2, 0) is 0 Å². The smallest absolute Gasteiger partial charge is 0.257 e. The van der Waals surface area contributed by atoms with Crippen molar-refractivity contribution in [1.82, 2.24) is 15.2 Å². The number of rotatable bonds is 13. The Balaban J connectivity index is 2.02. The summed E-state index contributed by atoms with van der Waals surface area (Å²) in [5, 5.41) is 6.35. The minimum atomic E-state index is -0.171. The maximum Gasteiger partial charge on any atom is 0.257 e. The molecule has 6 heteroatoms. The molecular formula is C30H41N5O. The van der Waals surface area contributed by atoms with Gasteiger partial charge in [-0.2, -0.15) is 0 Å². The zero-order chi connectivity index (χ0) is 26.3. The van der Waals surface area contributed by atoms with Gasteiger partial charge in [-0.25, -0.2) is 0 Å². The molecule has 1 heterocycles. The molecule has 1 amide bonds. The molecule has 0 aliphatic carbocycles. The number of hydrogen-bond acceptors (Lipinski definition) is 5. The van der Waals surface area contributed by atoms with Crippen molar-refractivity contribution in [3.8, 4) is 0 Å². The number of carbonyl (C=O) groups is 1. The lowest BCUT2D eigenvalue weighted by atomic mass is 10.1. The average Bonchev–Trinajstić information content (AvgIpc) is 2.85. The third kappa shape index (κ3) is 10.0. The fourth-order valence-electron chi connectivity index (χ4n) is 3.47. The molecule has 6 nitrogen and oxygen atoms in total. The van der Waals surface area contributed by atoms with E-state index in [9.17, 15) is 4.79 Å². The fraction of sp³-hybridized carbons (Fsp3) is 0.367. The van der Waals surface area contributed by atoms with E-state index in [1.807, 2.05) is 63.6 Å². The maximum absolute atomic E-state index is 12.8. The molecule has 192 valence electrons. The minimum Gasteiger partial charge on any atom is -0.383 e. The first kappa shape index (κ1) is 28.7. The van der Waals surface area contributed by atoms with Crippen LogP contribution in [0, 0.1) is 6.92 Å². The van der Waals surface area contributed by atoms with Crippen LogP contribution in [0.3, 0.4) is 0 Å². The van der Waals surface area contributed by atoms with Crippen molar-refractivity contribution in [2.75, 3.05) is 26.0 Å². The van der Waals surface area contributed by atoms with Crippen molar-refractivity contribution in [2.45, 2.75) is 53.0 Å². The fourth-order valence-corrected chi connectivity index (χ4v) is 3.47. The molecule has 0 radical (unpaired) electrons. The lowest BCUT2D eigenvalue weighted by molar-refractivity contribution is 0.102. The van der Waals surface area contributed by atoms with Gasteiger partial charge in [-0.3, -0.25) is 14.8 Å². The van der Waals surface area contributed by atoms with Crippen molar-refractivity contribution in [2.24, 2.45) is 4.99 Å². The number of pyridine rings is 1. The monoisotopic (exact) mass is 487 g/mol. The largest absolute Gasteiger partial charge is 0.383 e. The van der Waals surface area contributed by atoms with Gasteiger partial charge in [0.2, 0.25) is 0 Å².